The standard InChI is InChI=1S/C11H7N3O2S/c15-14(16)8-5-6-12-10(8)11-13-7-3-1-2-4-9(7)17-11/h1-5H,6H2. The summed E-state index contributed by atoms with van der Waals surface area (Å²) in [7, 11) is 0. The second kappa shape index (κ2) is 3.74. The van der Waals surface area contributed by atoms with Crippen LogP contribution in [0.25, 0.3) is 10.2 Å². The molecular formula is C11H7N3O2S. The molecule has 3 rings (SSSR count). The van der Waals surface area contributed by atoms with E-state index in [9.17, 15) is 10.1 Å². The van der Waals surface area contributed by atoms with E-state index >= 15 is 0 Å². The van der Waals surface area contributed by atoms with Crippen LogP contribution in [-0.2, 0) is 0 Å². The first kappa shape index (κ1) is 10.1. The molecule has 0 radical (unpaired) electrons. The van der Waals surface area contributed by atoms with Crippen LogP contribution in [0, 0.1) is 10.1 Å². The molecule has 17 heavy (non-hydrogen) atoms. The number of nitrogens with zero attached hydrogens (tertiary/aromatic N) is 3. The molecule has 0 bridgehead atoms. The maximum absolute atomic E-state index is 10.8. The van der Waals surface area contributed by atoms with Crippen molar-refractivity contribution in [3.63, 3.8) is 0 Å². The molecule has 0 saturated heterocycles. The summed E-state index contributed by atoms with van der Waals surface area (Å²) in [6.45, 7) is 0.363. The molecule has 0 N–H and O–H groups in total. The van der Waals surface area contributed by atoms with E-state index in [0.29, 0.717) is 17.3 Å². The van der Waals surface area contributed by atoms with Crippen molar-refractivity contribution in [2.24, 2.45) is 4.99 Å². The van der Waals surface area contributed by atoms with Crippen LogP contribution in [0.4, 0.5) is 0 Å². The average Bonchev–Trinajstić information content (AvgIpc) is 2.95. The second-order valence-electron chi connectivity index (χ2n) is 3.52. The van der Waals surface area contributed by atoms with Gasteiger partial charge in [0.1, 0.15) is 5.01 Å². The van der Waals surface area contributed by atoms with Gasteiger partial charge in [-0.05, 0) is 12.1 Å². The Morgan fingerprint density at radius 1 is 1.35 bits per heavy atom. The molecule has 5 nitrogen and oxygen atoms in total. The van der Waals surface area contributed by atoms with Crippen molar-refractivity contribution in [3.8, 4) is 0 Å². The number of hydrogen-bond donors (Lipinski definition) is 0. The van der Waals surface area contributed by atoms with Crippen molar-refractivity contribution in [1.82, 2.24) is 4.98 Å². The number of fused-ring (bicyclic) bond motifs is 1. The minimum absolute atomic E-state index is 0.0593. The van der Waals surface area contributed by atoms with Gasteiger partial charge in [0.2, 0.25) is 0 Å². The van der Waals surface area contributed by atoms with Crippen LogP contribution < -0.4 is 0 Å². The number of benzene rings is 1. The monoisotopic (exact) mass is 245 g/mol. The first-order valence-electron chi connectivity index (χ1n) is 5.01. The molecule has 1 aromatic heterocycles. The quantitative estimate of drug-likeness (QED) is 0.602. The van der Waals surface area contributed by atoms with E-state index in [1.165, 1.54) is 17.4 Å². The molecule has 2 aromatic rings. The van der Waals surface area contributed by atoms with Crippen molar-refractivity contribution in [1.29, 1.82) is 0 Å². The lowest BCUT2D eigenvalue weighted by molar-refractivity contribution is -0.414. The molecule has 84 valence electrons. The van der Waals surface area contributed by atoms with Gasteiger partial charge in [0, 0.05) is 6.08 Å². The van der Waals surface area contributed by atoms with Crippen LogP contribution in [0.15, 0.2) is 41.0 Å². The molecule has 0 amide bonds. The maximum Gasteiger partial charge on any atom is 0.295 e. The summed E-state index contributed by atoms with van der Waals surface area (Å²) in [4.78, 5) is 18.9. The zero-order valence-corrected chi connectivity index (χ0v) is 9.48. The van der Waals surface area contributed by atoms with E-state index < -0.39 is 4.92 Å². The highest BCUT2D eigenvalue weighted by Crippen LogP contribution is 2.25. The minimum Gasteiger partial charge on any atom is -0.271 e. The van der Waals surface area contributed by atoms with Crippen LogP contribution >= 0.6 is 11.3 Å². The fourth-order valence-corrected chi connectivity index (χ4v) is 2.70. The molecular weight excluding hydrogens is 238 g/mol. The van der Waals surface area contributed by atoms with Crippen molar-refractivity contribution < 1.29 is 4.92 Å². The van der Waals surface area contributed by atoms with Crippen molar-refractivity contribution in [3.05, 3.63) is 51.2 Å². The number of para-hydroxylation sites is 1. The zero-order valence-electron chi connectivity index (χ0n) is 8.66. The Balaban J connectivity index is 2.11. The summed E-state index contributed by atoms with van der Waals surface area (Å²) < 4.78 is 1.01. The summed E-state index contributed by atoms with van der Waals surface area (Å²) in [5.74, 6) is 0. The summed E-state index contributed by atoms with van der Waals surface area (Å²) >= 11 is 1.43. The van der Waals surface area contributed by atoms with E-state index in [1.54, 1.807) is 0 Å². The van der Waals surface area contributed by atoms with Gasteiger partial charge < -0.3 is 0 Å². The number of hydrogen-bond acceptors (Lipinski definition) is 5. The van der Waals surface area contributed by atoms with Gasteiger partial charge in [0.05, 0.1) is 21.7 Å². The molecule has 0 atom stereocenters. The average molecular weight is 245 g/mol. The number of nitro groups is 1. The lowest BCUT2D eigenvalue weighted by atomic mass is 10.3. The summed E-state index contributed by atoms with van der Waals surface area (Å²) in [5.41, 5.74) is 1.31. The number of thiazole rings is 1. The van der Waals surface area contributed by atoms with Crippen LogP contribution in [0.3, 0.4) is 0 Å². The van der Waals surface area contributed by atoms with E-state index in [2.05, 4.69) is 9.98 Å². The normalized spacial score (nSPS) is 14.8. The van der Waals surface area contributed by atoms with Gasteiger partial charge in [0.15, 0.2) is 5.71 Å². The molecule has 6 heteroatoms. The van der Waals surface area contributed by atoms with E-state index in [0.717, 1.165) is 10.2 Å². The highest BCUT2D eigenvalue weighted by atomic mass is 32.1. The Morgan fingerprint density at radius 2 is 2.18 bits per heavy atom. The van der Waals surface area contributed by atoms with Crippen molar-refractivity contribution in [2.45, 2.75) is 0 Å². The fraction of sp³-hybridized carbons (Fsp3) is 0.0909. The highest BCUT2D eigenvalue weighted by molar-refractivity contribution is 7.20. The third-order valence-electron chi connectivity index (χ3n) is 2.47. The molecule has 2 heterocycles. The molecule has 1 aliphatic rings. The number of allylic oxidation sites excluding steroid dienone is 1. The lowest BCUT2D eigenvalue weighted by Gasteiger charge is -1.93. The van der Waals surface area contributed by atoms with Crippen LogP contribution in [0.5, 0.6) is 0 Å². The predicted octanol–water partition coefficient (Wildman–Crippen LogP) is 2.26. The highest BCUT2D eigenvalue weighted by Gasteiger charge is 2.27. The lowest BCUT2D eigenvalue weighted by Crippen LogP contribution is -2.09. The Labute approximate surface area is 100 Å². The fourth-order valence-electron chi connectivity index (χ4n) is 1.71. The molecule has 1 aliphatic heterocycles. The largest absolute Gasteiger partial charge is 0.295 e. The van der Waals surface area contributed by atoms with E-state index in [1.807, 2.05) is 24.3 Å². The van der Waals surface area contributed by atoms with Crippen molar-refractivity contribution in [2.75, 3.05) is 6.54 Å². The third kappa shape index (κ3) is 1.62. The van der Waals surface area contributed by atoms with Gasteiger partial charge in [-0.3, -0.25) is 15.1 Å². The smallest absolute Gasteiger partial charge is 0.271 e. The summed E-state index contributed by atoms with van der Waals surface area (Å²) in [6.07, 6.45) is 1.52. The first-order valence-corrected chi connectivity index (χ1v) is 5.82. The van der Waals surface area contributed by atoms with Gasteiger partial charge in [-0.15, -0.1) is 11.3 Å². The van der Waals surface area contributed by atoms with Gasteiger partial charge in [-0.25, -0.2) is 4.98 Å². The van der Waals surface area contributed by atoms with E-state index in [-0.39, 0.29) is 5.70 Å². The first-order chi connectivity index (χ1) is 8.25. The molecule has 0 fully saturated rings. The number of aliphatic imine (C=N–C) groups is 1. The zero-order chi connectivity index (χ0) is 11.8. The number of aromatic nitrogens is 1. The number of rotatable bonds is 2. The topological polar surface area (TPSA) is 68.4 Å². The molecule has 0 spiro atoms. The Kier molecular flexibility index (Phi) is 2.22. The predicted molar refractivity (Wildman–Crippen MR) is 66.1 cm³/mol. The van der Waals surface area contributed by atoms with Crippen molar-refractivity contribution >= 4 is 27.3 Å². The Hall–Kier alpha value is -2.08. The third-order valence-corrected chi connectivity index (χ3v) is 3.51. The van der Waals surface area contributed by atoms with Gasteiger partial charge in [0.25, 0.3) is 5.70 Å². The minimum atomic E-state index is -0.405. The maximum atomic E-state index is 10.8. The molecule has 0 saturated carbocycles. The Bertz CT molecular complexity index is 639. The van der Waals surface area contributed by atoms with Crippen LogP contribution in [0.2, 0.25) is 0 Å². The molecule has 1 aromatic carbocycles. The van der Waals surface area contributed by atoms with Gasteiger partial charge in [-0.1, -0.05) is 12.1 Å². The van der Waals surface area contributed by atoms with Crippen LogP contribution in [0.1, 0.15) is 5.01 Å². The molecule has 0 aliphatic carbocycles. The van der Waals surface area contributed by atoms with E-state index in [4.69, 9.17) is 0 Å². The molecule has 0 unspecified atom stereocenters. The summed E-state index contributed by atoms with van der Waals surface area (Å²) in [5, 5.41) is 11.5. The van der Waals surface area contributed by atoms with Crippen LogP contribution in [-0.4, -0.2) is 22.2 Å². The Morgan fingerprint density at radius 3 is 2.94 bits per heavy atom. The van der Waals surface area contributed by atoms with Gasteiger partial charge >= 0.3 is 0 Å². The second-order valence-corrected chi connectivity index (χ2v) is 4.55. The van der Waals surface area contributed by atoms with Gasteiger partial charge in [-0.2, -0.15) is 0 Å². The SMILES string of the molecule is O=[N+]([O-])C1=CCN=C1c1nc2ccccc2s1. The summed E-state index contributed by atoms with van der Waals surface area (Å²) in [6, 6.07) is 7.65.